The van der Waals surface area contributed by atoms with Gasteiger partial charge in [0.05, 0.1) is 17.9 Å². The number of fused-ring (bicyclic) bond motifs is 9. The average Bonchev–Trinajstić information content (AvgIpc) is 3.61. The molecule has 2 aliphatic rings. The molecule has 5 aromatic heterocycles. The Morgan fingerprint density at radius 3 is 2.71 bits per heavy atom. The molecule has 0 saturated heterocycles. The maximum Gasteiger partial charge on any atom is 0.234 e. The Bertz CT molecular complexity index is 1970. The number of hydrogen-bond donors (Lipinski definition) is 2. The van der Waals surface area contributed by atoms with Crippen molar-refractivity contribution in [1.29, 1.82) is 0 Å². The van der Waals surface area contributed by atoms with Crippen molar-refractivity contribution in [3.05, 3.63) is 55.2 Å². The van der Waals surface area contributed by atoms with Crippen LogP contribution in [0.15, 0.2) is 55.2 Å². The quantitative estimate of drug-likeness (QED) is 0.323. The third kappa shape index (κ3) is 3.00. The normalized spacial score (nSPS) is 12.1. The highest BCUT2D eigenvalue weighted by molar-refractivity contribution is 7.24. The molecule has 0 amide bonds. The Balaban J connectivity index is 1.75. The summed E-state index contributed by atoms with van der Waals surface area (Å²) in [6.07, 6.45) is 8.81. The van der Waals surface area contributed by atoms with E-state index in [-0.39, 0.29) is 11.8 Å². The van der Waals surface area contributed by atoms with Gasteiger partial charge in [0.1, 0.15) is 21.6 Å². The zero-order valence-electron chi connectivity index (χ0n) is 18.8. The molecule has 0 radical (unpaired) electrons. The molecule has 0 spiro atoms. The van der Waals surface area contributed by atoms with Gasteiger partial charge in [0.25, 0.3) is 0 Å². The minimum atomic E-state index is -0.198. The van der Waals surface area contributed by atoms with E-state index in [2.05, 4.69) is 25.1 Å². The van der Waals surface area contributed by atoms with Crippen molar-refractivity contribution >= 4 is 70.8 Å². The molecule has 0 unspecified atom stereocenters. The molecule has 0 saturated carbocycles. The van der Waals surface area contributed by atoms with Gasteiger partial charge in [-0.15, -0.1) is 11.3 Å². The van der Waals surface area contributed by atoms with Crippen LogP contribution in [0.3, 0.4) is 0 Å². The zero-order chi connectivity index (χ0) is 23.7. The van der Waals surface area contributed by atoms with E-state index in [1.165, 1.54) is 11.3 Å². The average molecular weight is 479 g/mol. The van der Waals surface area contributed by atoms with E-state index in [1.807, 2.05) is 38.1 Å². The first-order valence-corrected chi connectivity index (χ1v) is 12.0. The first-order valence-electron chi connectivity index (χ1n) is 11.1. The van der Waals surface area contributed by atoms with Crippen molar-refractivity contribution in [3.63, 3.8) is 0 Å². The molecule has 7 heterocycles. The van der Waals surface area contributed by atoms with Gasteiger partial charge in [-0.25, -0.2) is 15.0 Å². The van der Waals surface area contributed by atoms with E-state index in [4.69, 9.17) is 9.97 Å². The SMILES string of the molecule is CC(C)C(=O)n1c2cncc(c2)c2cnc3[nH][nH]c(c4nc5cncc(c6ccc1s6)c5n4)-c3c2. The van der Waals surface area contributed by atoms with Gasteiger partial charge < -0.3 is 0 Å². The van der Waals surface area contributed by atoms with Crippen LogP contribution in [0.2, 0.25) is 0 Å². The maximum atomic E-state index is 13.4. The van der Waals surface area contributed by atoms with E-state index in [0.29, 0.717) is 22.3 Å². The molecule has 0 atom stereocenters. The topological polar surface area (TPSA) is 118 Å². The second-order valence-corrected chi connectivity index (χ2v) is 9.81. The van der Waals surface area contributed by atoms with Crippen LogP contribution in [0.25, 0.3) is 64.8 Å². The van der Waals surface area contributed by atoms with Crippen LogP contribution in [-0.4, -0.2) is 45.6 Å². The highest BCUT2D eigenvalue weighted by Crippen LogP contribution is 2.32. The van der Waals surface area contributed by atoms with E-state index < -0.39 is 0 Å². The number of aromatic amines is 2. The van der Waals surface area contributed by atoms with Crippen molar-refractivity contribution in [2.75, 3.05) is 0 Å². The van der Waals surface area contributed by atoms with Gasteiger partial charge in [0.15, 0.2) is 11.3 Å². The molecule has 0 aliphatic carbocycles. The number of thiophene rings is 1. The summed E-state index contributed by atoms with van der Waals surface area (Å²) in [5, 5.41) is 8.89. The van der Waals surface area contributed by atoms with Gasteiger partial charge in [0.2, 0.25) is 5.91 Å². The first kappa shape index (κ1) is 20.0. The number of pyridine rings is 3. The predicted molar refractivity (Wildman–Crippen MR) is 137 cm³/mol. The minimum absolute atomic E-state index is 0.00973. The summed E-state index contributed by atoms with van der Waals surface area (Å²) in [6.45, 7) is 3.80. The molecule has 5 aromatic rings. The van der Waals surface area contributed by atoms with Crippen LogP contribution in [-0.2, 0) is 0 Å². The molecule has 35 heavy (non-hydrogen) atoms. The van der Waals surface area contributed by atoms with Crippen LogP contribution in [0, 0.1) is 5.92 Å². The Morgan fingerprint density at radius 1 is 0.971 bits per heavy atom. The number of H-pyrrole nitrogens is 2. The summed E-state index contributed by atoms with van der Waals surface area (Å²) in [7, 11) is 0. The molecule has 2 aliphatic heterocycles. The molecule has 0 fully saturated rings. The molecular weight excluding hydrogens is 460 g/mol. The number of nitrogens with zero attached hydrogens (tertiary/aromatic N) is 6. The lowest BCUT2D eigenvalue weighted by molar-refractivity contribution is 0.0865. The van der Waals surface area contributed by atoms with Gasteiger partial charge in [-0.2, -0.15) is 0 Å². The molecule has 10 heteroatoms. The van der Waals surface area contributed by atoms with E-state index in [0.717, 1.165) is 42.5 Å². The molecule has 0 aromatic carbocycles. The third-order valence-corrected chi connectivity index (χ3v) is 7.24. The van der Waals surface area contributed by atoms with E-state index >= 15 is 0 Å². The molecule has 7 rings (SSSR count). The smallest absolute Gasteiger partial charge is 0.234 e. The summed E-state index contributed by atoms with van der Waals surface area (Å²) in [4.78, 5) is 37.3. The number of hydrogen-bond acceptors (Lipinski definition) is 7. The van der Waals surface area contributed by atoms with Gasteiger partial charge in [-0.1, -0.05) is 13.8 Å². The number of carbonyl (C=O) groups excluding carboxylic acids is 1. The molecule has 170 valence electrons. The summed E-state index contributed by atoms with van der Waals surface area (Å²) < 4.78 is 2.70. The van der Waals surface area contributed by atoms with Crippen LogP contribution in [0.1, 0.15) is 18.6 Å². The second-order valence-electron chi connectivity index (χ2n) is 8.75. The Hall–Kier alpha value is -4.44. The monoisotopic (exact) mass is 478 g/mol. The second kappa shape index (κ2) is 7.28. The lowest BCUT2D eigenvalue weighted by atomic mass is 10.1. The Kier molecular flexibility index (Phi) is 4.15. The highest BCUT2D eigenvalue weighted by Gasteiger charge is 2.17. The lowest BCUT2D eigenvalue weighted by Gasteiger charge is -2.10. The fourth-order valence-corrected chi connectivity index (χ4v) is 5.42. The van der Waals surface area contributed by atoms with Gasteiger partial charge in [-0.3, -0.25) is 29.5 Å². The van der Waals surface area contributed by atoms with Crippen LogP contribution in [0.4, 0.5) is 0 Å². The first-order chi connectivity index (χ1) is 17.1. The standard InChI is InChI=1S/C25H18N8OS/c1-12(2)25(34)33-15-5-13(7-26-9-15)14-6-16-22(31-32-23(16)28-8-14)24-29-18-11-27-10-17(21(18)30-24)19-3-4-20(33)35-19/h3-12,31H,1-2H3,(H,28,32). The minimum Gasteiger partial charge on any atom is -0.295 e. The fourth-order valence-electron chi connectivity index (χ4n) is 4.38. The van der Waals surface area contributed by atoms with Crippen molar-refractivity contribution in [2.24, 2.45) is 5.92 Å². The van der Waals surface area contributed by atoms with Crippen LogP contribution < -0.4 is 0 Å². The predicted octanol–water partition coefficient (Wildman–Crippen LogP) is 5.47. The van der Waals surface area contributed by atoms with Crippen LogP contribution >= 0.6 is 11.3 Å². The Labute approximate surface area is 201 Å². The number of rotatable bonds is 1. The molecule has 2 N–H and O–H groups in total. The molecule has 8 bridgehead atoms. The summed E-state index contributed by atoms with van der Waals surface area (Å²) in [5.41, 5.74) is 5.04. The number of nitrogens with one attached hydrogen (secondary N) is 2. The van der Waals surface area contributed by atoms with E-state index in [9.17, 15) is 4.79 Å². The van der Waals surface area contributed by atoms with Crippen molar-refractivity contribution in [2.45, 2.75) is 13.8 Å². The van der Waals surface area contributed by atoms with Gasteiger partial charge in [0, 0.05) is 50.9 Å². The number of aromatic nitrogens is 8. The van der Waals surface area contributed by atoms with E-state index in [1.54, 1.807) is 35.6 Å². The maximum absolute atomic E-state index is 13.4. The Morgan fingerprint density at radius 2 is 1.83 bits per heavy atom. The molecule has 9 nitrogen and oxygen atoms in total. The molecular formula is C25H18N8OS. The number of imidazole rings is 1. The van der Waals surface area contributed by atoms with Gasteiger partial charge in [-0.05, 0) is 24.3 Å². The zero-order valence-corrected chi connectivity index (χ0v) is 19.6. The van der Waals surface area contributed by atoms with Crippen molar-refractivity contribution in [3.8, 4) is 11.3 Å². The highest BCUT2D eigenvalue weighted by atomic mass is 32.1. The van der Waals surface area contributed by atoms with Gasteiger partial charge >= 0.3 is 0 Å². The fraction of sp³-hybridized carbons (Fsp3) is 0.120. The third-order valence-electron chi connectivity index (χ3n) is 6.14. The van der Waals surface area contributed by atoms with Crippen molar-refractivity contribution < 1.29 is 4.79 Å². The summed E-state index contributed by atoms with van der Waals surface area (Å²) in [6, 6.07) is 7.97. The van der Waals surface area contributed by atoms with Crippen molar-refractivity contribution in [1.82, 2.24) is 39.7 Å². The lowest BCUT2D eigenvalue weighted by Crippen LogP contribution is -2.17. The largest absolute Gasteiger partial charge is 0.295 e. The van der Waals surface area contributed by atoms with Crippen LogP contribution in [0.5, 0.6) is 0 Å². The number of carbonyl (C=O) groups is 1. The summed E-state index contributed by atoms with van der Waals surface area (Å²) in [5.74, 6) is -0.208. The summed E-state index contributed by atoms with van der Waals surface area (Å²) >= 11 is 1.51.